The van der Waals surface area contributed by atoms with E-state index in [9.17, 15) is 30.3 Å². The maximum absolute atomic E-state index is 15.1. The van der Waals surface area contributed by atoms with Crippen molar-refractivity contribution in [2.45, 2.75) is 165 Å². The van der Waals surface area contributed by atoms with Crippen LogP contribution >= 0.6 is 0 Å². The summed E-state index contributed by atoms with van der Waals surface area (Å²) in [5.74, 6) is 5.31. The van der Waals surface area contributed by atoms with Gasteiger partial charge in [0.25, 0.3) is 0 Å². The Kier molecular flexibility index (Phi) is 9.38. The van der Waals surface area contributed by atoms with Gasteiger partial charge >= 0.3 is 0 Å². The molecule has 7 fully saturated rings. The van der Waals surface area contributed by atoms with Crippen LogP contribution in [-0.4, -0.2) is 130 Å². The van der Waals surface area contributed by atoms with E-state index in [1.54, 1.807) is 14.0 Å². The molecule has 0 aromatic carbocycles. The lowest BCUT2D eigenvalue weighted by atomic mass is 9.37. The lowest BCUT2D eigenvalue weighted by Crippen LogP contribution is -2.69. The number of nitrogens with zero attached hydrogens (tertiary/aromatic N) is 1. The second kappa shape index (κ2) is 13.5. The number of ketones is 1. The summed E-state index contributed by atoms with van der Waals surface area (Å²) >= 11 is 0. The first-order chi connectivity index (χ1) is 27.6. The van der Waals surface area contributed by atoms with E-state index in [2.05, 4.69) is 31.0 Å². The van der Waals surface area contributed by atoms with Crippen molar-refractivity contribution < 1.29 is 49.3 Å². The van der Waals surface area contributed by atoms with Crippen LogP contribution in [0.15, 0.2) is 11.1 Å². The molecule has 12 nitrogen and oxygen atoms in total. The van der Waals surface area contributed by atoms with Gasteiger partial charge in [0, 0.05) is 68.5 Å². The van der Waals surface area contributed by atoms with Gasteiger partial charge in [0.15, 0.2) is 5.78 Å². The van der Waals surface area contributed by atoms with Gasteiger partial charge in [-0.1, -0.05) is 32.6 Å². The summed E-state index contributed by atoms with van der Waals surface area (Å²) in [7, 11) is 1.69. The normalized spacial score (nSPS) is 52.3. The minimum Gasteiger partial charge on any atom is -0.396 e. The van der Waals surface area contributed by atoms with Crippen molar-refractivity contribution >= 4 is 11.7 Å². The van der Waals surface area contributed by atoms with Crippen LogP contribution in [0.1, 0.15) is 111 Å². The van der Waals surface area contributed by atoms with Gasteiger partial charge in [-0.15, -0.1) is 5.92 Å². The largest absolute Gasteiger partial charge is 0.396 e. The van der Waals surface area contributed by atoms with Crippen molar-refractivity contribution in [3.8, 4) is 11.8 Å². The van der Waals surface area contributed by atoms with Crippen molar-refractivity contribution in [2.75, 3.05) is 33.5 Å². The van der Waals surface area contributed by atoms with Crippen LogP contribution in [0.2, 0.25) is 0 Å². The Morgan fingerprint density at radius 1 is 0.966 bits per heavy atom. The Bertz CT molecular complexity index is 1820. The highest BCUT2D eigenvalue weighted by Crippen LogP contribution is 2.77. The summed E-state index contributed by atoms with van der Waals surface area (Å²) in [6.07, 6.45) is 4.83. The fourth-order valence-electron chi connectivity index (χ4n) is 16.0. The predicted octanol–water partition coefficient (Wildman–Crippen LogP) is 2.61. The van der Waals surface area contributed by atoms with Crippen molar-refractivity contribution in [2.24, 2.45) is 51.2 Å². The number of rotatable bonds is 6. The Balaban J connectivity index is 1.11. The average molecular weight is 807 g/mol. The van der Waals surface area contributed by atoms with Gasteiger partial charge < -0.3 is 44.6 Å². The third-order valence-corrected chi connectivity index (χ3v) is 19.0. The highest BCUT2D eigenvalue weighted by atomic mass is 16.5. The molecule has 0 aromatic rings. The number of carbonyl (C=O) groups excluding carboxylic acids is 2. The highest BCUT2D eigenvalue weighted by molar-refractivity contribution is 6.01. The van der Waals surface area contributed by atoms with E-state index in [1.807, 2.05) is 4.90 Å². The summed E-state index contributed by atoms with van der Waals surface area (Å²) in [6.45, 7) is 7.37. The van der Waals surface area contributed by atoms with Gasteiger partial charge in [0.05, 0.1) is 40.9 Å². The second-order valence-electron chi connectivity index (χ2n) is 21.2. The van der Waals surface area contributed by atoms with Crippen LogP contribution in [0.3, 0.4) is 0 Å². The van der Waals surface area contributed by atoms with Gasteiger partial charge in [-0.05, 0) is 106 Å². The number of fused-ring (bicyclic) bond motifs is 3. The SMILES string of the molecule is COCCCO[C@H]1CC[C@@]2(C)[C@@H](C1)C(=O)C1=C3[C@@]24C#CC[C@H]2CN2C(=O)[C@H]2N[C@H](O)[C@H]5O[C@@H]([C@H](CO)[C@H]5C25CCCC5)[C@@H](O)[C@@](C)(O)[C@H]2C[C@@H](CC1)[C@]3(O)[C@]2(C)CC4. The van der Waals surface area contributed by atoms with Crippen LogP contribution in [0.25, 0.3) is 0 Å². The molecule has 0 radical (unpaired) electrons. The zero-order valence-electron chi connectivity index (χ0n) is 34.9. The van der Waals surface area contributed by atoms with Gasteiger partial charge in [-0.2, -0.15) is 0 Å². The maximum Gasteiger partial charge on any atom is 0.240 e. The molecular formula is C46H66N2O10. The fraction of sp³-hybridized carbons (Fsp3) is 0.870. The molecule has 3 saturated heterocycles. The molecule has 58 heavy (non-hydrogen) atoms. The summed E-state index contributed by atoms with van der Waals surface area (Å²) in [4.78, 5) is 31.6. The molecule has 6 N–H and O–H groups in total. The van der Waals surface area contributed by atoms with Crippen molar-refractivity contribution in [1.29, 1.82) is 0 Å². The first kappa shape index (κ1) is 40.2. The second-order valence-corrected chi connectivity index (χ2v) is 21.2. The Labute approximate surface area is 342 Å². The van der Waals surface area contributed by atoms with Crippen LogP contribution < -0.4 is 5.32 Å². The summed E-state index contributed by atoms with van der Waals surface area (Å²) in [6, 6.07) is -0.771. The number of allylic oxidation sites excluding steroid dienone is 1. The zero-order chi connectivity index (χ0) is 40.8. The van der Waals surface area contributed by atoms with E-state index in [0.717, 1.165) is 50.5 Å². The molecule has 4 heterocycles. The number of amides is 1. The zero-order valence-corrected chi connectivity index (χ0v) is 34.9. The molecule has 320 valence electrons. The first-order valence-electron chi connectivity index (χ1n) is 22.7. The number of carbonyl (C=O) groups is 2. The molecule has 4 saturated carbocycles. The lowest BCUT2D eigenvalue weighted by Gasteiger charge is -2.67. The predicted molar refractivity (Wildman–Crippen MR) is 210 cm³/mol. The Morgan fingerprint density at radius 2 is 1.74 bits per heavy atom. The van der Waals surface area contributed by atoms with Gasteiger partial charge in [0.1, 0.15) is 18.4 Å². The van der Waals surface area contributed by atoms with E-state index in [1.165, 1.54) is 0 Å². The number of aliphatic hydroxyl groups excluding tert-OH is 3. The van der Waals surface area contributed by atoms with Crippen molar-refractivity contribution in [1.82, 2.24) is 10.2 Å². The van der Waals surface area contributed by atoms with Crippen LogP contribution in [-0.2, 0) is 23.8 Å². The molecule has 7 bridgehead atoms. The third-order valence-electron chi connectivity index (χ3n) is 19.0. The molecule has 1 spiro atoms. The number of hydrogen-bond donors (Lipinski definition) is 6. The van der Waals surface area contributed by atoms with Crippen molar-refractivity contribution in [3.05, 3.63) is 11.1 Å². The molecule has 0 unspecified atom stereocenters. The standard InChI is InChI=1S/C46H66N2O10/c1-41-16-12-27(57-20-8-19-56-4)22-30(41)33(50)28-11-10-25-21-31-42(2)17-18-45(41,36(28)46(25,42)55)15-7-9-26-23-48(26)40(53)37-44(13-5-6-14-44)32-29(24-49)34(38(51)43(31,3)54)58-35(32)39(52)47-37/h25-27,29-32,34-35,37-39,47,49,51-52,54-55H,5-6,8-14,16-24H2,1-4H3/t25-,26+,27+,29-,30+,31+,32-,34+,35+,37-,38-,39-,41+,42-,43+,45+,46-,48?/m1/s1. The smallest absolute Gasteiger partial charge is 0.240 e. The molecule has 4 aliphatic heterocycles. The number of ether oxygens (including phenoxy) is 3. The molecule has 10 aliphatic rings. The van der Waals surface area contributed by atoms with E-state index in [-0.39, 0.29) is 42.3 Å². The van der Waals surface area contributed by atoms with E-state index >= 15 is 4.79 Å². The number of Topliss-reactive ketones (excluding diaryl/α,β-unsaturated/α-hetero) is 1. The summed E-state index contributed by atoms with van der Waals surface area (Å²) < 4.78 is 18.3. The minimum absolute atomic E-state index is 0.0537. The molecule has 12 heteroatoms. The number of nitrogens with one attached hydrogen (secondary N) is 1. The molecule has 6 aliphatic carbocycles. The fourth-order valence-corrected chi connectivity index (χ4v) is 16.0. The molecule has 10 rings (SSSR count). The lowest BCUT2D eigenvalue weighted by molar-refractivity contribution is -0.209. The average Bonchev–Trinajstić information content (AvgIpc) is 3.49. The van der Waals surface area contributed by atoms with E-state index in [0.29, 0.717) is 70.3 Å². The molecule has 17 atom stereocenters. The number of hydrogen-bond acceptors (Lipinski definition) is 11. The Morgan fingerprint density at radius 3 is 2.48 bits per heavy atom. The van der Waals surface area contributed by atoms with E-state index in [4.69, 9.17) is 14.2 Å². The van der Waals surface area contributed by atoms with Crippen LogP contribution in [0.4, 0.5) is 0 Å². The molecular weight excluding hydrogens is 741 g/mol. The summed E-state index contributed by atoms with van der Waals surface area (Å²) in [5.41, 5.74) is -4.63. The minimum atomic E-state index is -1.78. The van der Waals surface area contributed by atoms with Crippen LogP contribution in [0.5, 0.6) is 0 Å². The van der Waals surface area contributed by atoms with Gasteiger partial charge in [-0.25, -0.2) is 0 Å². The number of piperidine rings is 1. The van der Waals surface area contributed by atoms with Crippen LogP contribution in [0, 0.1) is 63.1 Å². The van der Waals surface area contributed by atoms with Crippen molar-refractivity contribution in [3.63, 3.8) is 0 Å². The third kappa shape index (κ3) is 5.03. The maximum atomic E-state index is 15.1. The number of methoxy groups -OCH3 is 1. The monoisotopic (exact) mass is 806 g/mol. The quantitative estimate of drug-likeness (QED) is 0.132. The Hall–Kier alpha value is -1.92. The number of aliphatic hydroxyl groups is 5. The molecule has 1 amide bonds. The first-order valence-corrected chi connectivity index (χ1v) is 22.7. The van der Waals surface area contributed by atoms with Gasteiger partial charge in [0.2, 0.25) is 5.91 Å². The van der Waals surface area contributed by atoms with E-state index < -0.39 is 81.2 Å². The topological polar surface area (TPSA) is 178 Å². The van der Waals surface area contributed by atoms with Gasteiger partial charge in [-0.3, -0.25) is 14.9 Å². The highest BCUT2D eigenvalue weighted by Gasteiger charge is 2.78. The molecule has 0 aromatic heterocycles. The summed E-state index contributed by atoms with van der Waals surface area (Å²) in [5, 5.41) is 65.5.